The first-order valence-electron chi connectivity index (χ1n) is 6.95. The lowest BCUT2D eigenvalue weighted by Crippen LogP contribution is -2.08. The summed E-state index contributed by atoms with van der Waals surface area (Å²) in [5.41, 5.74) is 10.5. The summed E-state index contributed by atoms with van der Waals surface area (Å²) in [5.74, 6) is 0.0537. The quantitative estimate of drug-likeness (QED) is 0.340. The molecule has 2 aromatic rings. The lowest BCUT2D eigenvalue weighted by molar-refractivity contribution is 0.0997. The minimum absolute atomic E-state index is 0.0449. The Kier molecular flexibility index (Phi) is 4.64. The highest BCUT2D eigenvalue weighted by molar-refractivity contribution is 7.14. The van der Waals surface area contributed by atoms with Gasteiger partial charge in [-0.3, -0.25) is 9.78 Å². The third-order valence-corrected chi connectivity index (χ3v) is 4.81. The molecule has 114 valence electrons. The van der Waals surface area contributed by atoms with Gasteiger partial charge in [0, 0.05) is 28.1 Å². The third kappa shape index (κ3) is 3.72. The molecule has 0 N–H and O–H groups in total. The summed E-state index contributed by atoms with van der Waals surface area (Å²) >= 11 is 1.53. The molecule has 0 atom stereocenters. The third-order valence-electron chi connectivity index (χ3n) is 3.25. The Morgan fingerprint density at radius 1 is 1.41 bits per heavy atom. The second-order valence-electron chi connectivity index (χ2n) is 6.15. The van der Waals surface area contributed by atoms with Crippen molar-refractivity contribution in [1.29, 1.82) is 0 Å². The van der Waals surface area contributed by atoms with Gasteiger partial charge in [-0.05, 0) is 41.6 Å². The zero-order valence-electron chi connectivity index (χ0n) is 13.1. The van der Waals surface area contributed by atoms with E-state index in [0.717, 1.165) is 10.4 Å². The van der Waals surface area contributed by atoms with Gasteiger partial charge in [-0.15, -0.1) is 11.3 Å². The average molecular weight is 314 g/mol. The van der Waals surface area contributed by atoms with Crippen LogP contribution in [0, 0.1) is 6.92 Å². The van der Waals surface area contributed by atoms with E-state index in [1.807, 2.05) is 12.1 Å². The first-order chi connectivity index (χ1) is 10.3. The Morgan fingerprint density at radius 2 is 2.14 bits per heavy atom. The van der Waals surface area contributed by atoms with Gasteiger partial charge in [-0.1, -0.05) is 25.9 Å². The maximum Gasteiger partial charge on any atom is 0.177 e. The van der Waals surface area contributed by atoms with Crippen molar-refractivity contribution in [2.75, 3.05) is 0 Å². The van der Waals surface area contributed by atoms with Crippen molar-refractivity contribution in [3.63, 3.8) is 0 Å². The molecule has 2 rings (SSSR count). The van der Waals surface area contributed by atoms with Crippen LogP contribution in [-0.2, 0) is 11.8 Å². The van der Waals surface area contributed by atoms with Gasteiger partial charge in [0.05, 0.1) is 10.6 Å². The van der Waals surface area contributed by atoms with Gasteiger partial charge in [0.15, 0.2) is 5.78 Å². The second kappa shape index (κ2) is 6.30. The highest BCUT2D eigenvalue weighted by atomic mass is 32.1. The van der Waals surface area contributed by atoms with E-state index in [1.54, 1.807) is 19.2 Å². The maximum absolute atomic E-state index is 12.4. The summed E-state index contributed by atoms with van der Waals surface area (Å²) < 4.78 is 0. The minimum Gasteiger partial charge on any atom is -0.293 e. The van der Waals surface area contributed by atoms with Crippen molar-refractivity contribution >= 4 is 22.8 Å². The molecule has 0 aromatic carbocycles. The summed E-state index contributed by atoms with van der Waals surface area (Å²) in [4.78, 5) is 21.3. The molecular formula is C16H18N4OS. The Bertz CT molecular complexity index is 752. The van der Waals surface area contributed by atoms with Crippen molar-refractivity contribution in [1.82, 2.24) is 4.98 Å². The predicted octanol–water partition coefficient (Wildman–Crippen LogP) is 5.12. The smallest absolute Gasteiger partial charge is 0.177 e. The molecular weight excluding hydrogens is 296 g/mol. The Morgan fingerprint density at radius 3 is 2.73 bits per heavy atom. The maximum atomic E-state index is 12.4. The van der Waals surface area contributed by atoms with Crippen molar-refractivity contribution in [3.8, 4) is 0 Å². The highest BCUT2D eigenvalue weighted by Crippen LogP contribution is 2.30. The van der Waals surface area contributed by atoms with E-state index >= 15 is 0 Å². The largest absolute Gasteiger partial charge is 0.293 e. The van der Waals surface area contributed by atoms with Gasteiger partial charge in [0.1, 0.15) is 0 Å². The summed E-state index contributed by atoms with van der Waals surface area (Å²) in [6, 6.07) is 5.61. The number of thiophene rings is 1. The lowest BCUT2D eigenvalue weighted by atomic mass is 9.95. The second-order valence-corrected chi connectivity index (χ2v) is 7.24. The molecule has 22 heavy (non-hydrogen) atoms. The number of aromatic nitrogens is 1. The summed E-state index contributed by atoms with van der Waals surface area (Å²) in [5, 5.41) is 3.59. The van der Waals surface area contributed by atoms with Crippen LogP contribution in [0.15, 0.2) is 29.5 Å². The van der Waals surface area contributed by atoms with Gasteiger partial charge in [0.25, 0.3) is 0 Å². The van der Waals surface area contributed by atoms with Gasteiger partial charge in [0.2, 0.25) is 0 Å². The topological polar surface area (TPSA) is 78.7 Å². The van der Waals surface area contributed by atoms with E-state index in [1.165, 1.54) is 16.2 Å². The number of nitrogens with zero attached hydrogens (tertiary/aromatic N) is 4. The number of ketones is 1. The zero-order chi connectivity index (χ0) is 16.3. The van der Waals surface area contributed by atoms with Crippen molar-refractivity contribution in [3.05, 3.63) is 55.9 Å². The van der Waals surface area contributed by atoms with E-state index in [-0.39, 0.29) is 17.6 Å². The fourth-order valence-electron chi connectivity index (χ4n) is 1.97. The molecule has 0 saturated carbocycles. The monoisotopic (exact) mass is 314 g/mol. The van der Waals surface area contributed by atoms with Crippen LogP contribution < -0.4 is 0 Å². The van der Waals surface area contributed by atoms with Crippen molar-refractivity contribution in [2.45, 2.75) is 39.5 Å². The SMILES string of the molecule is Cc1ncc(CC(=O)c2ccc(C(C)(C)C)s2)cc1N=[N+]=[N-]. The molecule has 0 unspecified atom stereocenters. The Labute approximate surface area is 133 Å². The van der Waals surface area contributed by atoms with Gasteiger partial charge in [-0.2, -0.15) is 0 Å². The molecule has 5 nitrogen and oxygen atoms in total. The predicted molar refractivity (Wildman–Crippen MR) is 88.8 cm³/mol. The van der Waals surface area contributed by atoms with Crippen LogP contribution in [0.3, 0.4) is 0 Å². The number of pyridine rings is 1. The van der Waals surface area contributed by atoms with Crippen molar-refractivity contribution < 1.29 is 4.79 Å². The Hall–Kier alpha value is -2.17. The number of carbonyl (C=O) groups excluding carboxylic acids is 1. The zero-order valence-corrected chi connectivity index (χ0v) is 13.9. The van der Waals surface area contributed by atoms with E-state index < -0.39 is 0 Å². The molecule has 0 aliphatic carbocycles. The number of hydrogen-bond donors (Lipinski definition) is 0. The molecule has 0 saturated heterocycles. The minimum atomic E-state index is 0.0449. The number of aryl methyl sites for hydroxylation is 1. The summed E-state index contributed by atoms with van der Waals surface area (Å²) in [7, 11) is 0. The molecule has 0 fully saturated rings. The molecule has 0 bridgehead atoms. The lowest BCUT2D eigenvalue weighted by Gasteiger charge is -2.15. The van der Waals surface area contributed by atoms with Crippen LogP contribution in [-0.4, -0.2) is 10.8 Å². The molecule has 2 heterocycles. The van der Waals surface area contributed by atoms with Crippen LogP contribution in [0.2, 0.25) is 0 Å². The van der Waals surface area contributed by atoms with Gasteiger partial charge < -0.3 is 0 Å². The molecule has 0 spiro atoms. The fraction of sp³-hybridized carbons (Fsp3) is 0.375. The van der Waals surface area contributed by atoms with E-state index in [0.29, 0.717) is 11.4 Å². The molecule has 6 heteroatoms. The molecule has 0 radical (unpaired) electrons. The van der Waals surface area contributed by atoms with Gasteiger partial charge >= 0.3 is 0 Å². The number of hydrogen-bond acceptors (Lipinski definition) is 4. The Balaban J connectivity index is 2.20. The number of Topliss-reactive ketones (excluding diaryl/α,β-unsaturated/α-hetero) is 1. The van der Waals surface area contributed by atoms with E-state index in [9.17, 15) is 4.79 Å². The van der Waals surface area contributed by atoms with Crippen molar-refractivity contribution in [2.24, 2.45) is 5.11 Å². The first kappa shape index (κ1) is 16.2. The summed E-state index contributed by atoms with van der Waals surface area (Å²) in [6.45, 7) is 8.15. The molecule has 0 amide bonds. The fourth-order valence-corrected chi connectivity index (χ4v) is 2.97. The van der Waals surface area contributed by atoms with Crippen LogP contribution in [0.1, 0.15) is 46.6 Å². The van der Waals surface area contributed by atoms with Crippen LogP contribution >= 0.6 is 11.3 Å². The molecule has 2 aromatic heterocycles. The average Bonchev–Trinajstić information content (AvgIpc) is 2.92. The highest BCUT2D eigenvalue weighted by Gasteiger charge is 2.18. The first-order valence-corrected chi connectivity index (χ1v) is 7.77. The van der Waals surface area contributed by atoms with Crippen LogP contribution in [0.4, 0.5) is 5.69 Å². The molecule has 0 aliphatic heterocycles. The molecule has 0 aliphatic rings. The van der Waals surface area contributed by atoms with E-state index in [4.69, 9.17) is 5.53 Å². The normalized spacial score (nSPS) is 11.1. The number of carbonyl (C=O) groups is 1. The van der Waals surface area contributed by atoms with Gasteiger partial charge in [-0.25, -0.2) is 0 Å². The number of rotatable bonds is 4. The van der Waals surface area contributed by atoms with Crippen LogP contribution in [0.5, 0.6) is 0 Å². The van der Waals surface area contributed by atoms with E-state index in [2.05, 4.69) is 35.8 Å². The standard InChI is InChI=1S/C16H18N4OS/c1-10-12(19-20-17)7-11(9-18-10)8-13(21)14-5-6-15(22-14)16(2,3)4/h5-7,9H,8H2,1-4H3. The number of azide groups is 1. The van der Waals surface area contributed by atoms with Crippen LogP contribution in [0.25, 0.3) is 10.4 Å². The summed E-state index contributed by atoms with van der Waals surface area (Å²) in [6.07, 6.45) is 1.91.